The molecule has 2 N–H and O–H groups in total. The number of halogens is 1. The number of hydrogen-bond acceptors (Lipinski definition) is 5. The van der Waals surface area contributed by atoms with Crippen LogP contribution in [-0.4, -0.2) is 19.9 Å². The molecule has 0 bridgehead atoms. The third-order valence-corrected chi connectivity index (χ3v) is 4.84. The molecule has 0 atom stereocenters. The van der Waals surface area contributed by atoms with Gasteiger partial charge in [-0.2, -0.15) is 0 Å². The average molecular weight is 329 g/mol. The van der Waals surface area contributed by atoms with Crippen LogP contribution < -0.4 is 10.0 Å². The fraction of sp³-hybridized carbons (Fsp3) is 0.308. The van der Waals surface area contributed by atoms with Gasteiger partial charge in [-0.05, 0) is 24.2 Å². The second-order valence-electron chi connectivity index (χ2n) is 4.35. The molecule has 0 fully saturated rings. The Hall–Kier alpha value is -1.35. The Morgan fingerprint density at radius 2 is 2.14 bits per heavy atom. The van der Waals surface area contributed by atoms with E-state index in [0.717, 1.165) is 6.54 Å². The molecule has 0 aliphatic carbocycles. The average Bonchev–Trinajstić information content (AvgIpc) is 2.97. The van der Waals surface area contributed by atoms with Crippen LogP contribution in [0.2, 0.25) is 0 Å². The maximum Gasteiger partial charge on any atom is 0.243 e. The fourth-order valence-corrected chi connectivity index (χ4v) is 3.39. The number of hydrogen-bond donors (Lipinski definition) is 2. The first kappa shape index (κ1) is 16.0. The van der Waals surface area contributed by atoms with Crippen molar-refractivity contribution in [2.75, 3.05) is 6.54 Å². The predicted octanol–water partition coefficient (Wildman–Crippen LogP) is 1.87. The Bertz CT molecular complexity index is 687. The van der Waals surface area contributed by atoms with Crippen LogP contribution in [0.25, 0.3) is 0 Å². The van der Waals surface area contributed by atoms with Gasteiger partial charge in [-0.3, -0.25) is 0 Å². The van der Waals surface area contributed by atoms with Crippen LogP contribution in [0.5, 0.6) is 0 Å². The van der Waals surface area contributed by atoms with E-state index in [0.29, 0.717) is 17.8 Å². The normalized spacial score (nSPS) is 11.7. The Morgan fingerprint density at radius 1 is 1.33 bits per heavy atom. The standard InChI is InChI=1S/C13H16FN3O2S2/c1-2-15-6-10-3-4-12(14)13(5-10)21(18,19)17-7-11-8-20-9-16-11/h3-5,8-9,15,17H,2,6-7H2,1H3. The number of aromatic nitrogens is 1. The zero-order valence-corrected chi connectivity index (χ0v) is 13.1. The van der Waals surface area contributed by atoms with Crippen molar-refractivity contribution in [1.29, 1.82) is 0 Å². The molecular weight excluding hydrogens is 313 g/mol. The SMILES string of the molecule is CCNCc1ccc(F)c(S(=O)(=O)NCc2cscn2)c1. The molecule has 0 unspecified atom stereocenters. The van der Waals surface area contributed by atoms with Crippen molar-refractivity contribution in [1.82, 2.24) is 15.0 Å². The fourth-order valence-electron chi connectivity index (χ4n) is 1.70. The zero-order chi connectivity index (χ0) is 15.3. The maximum atomic E-state index is 13.8. The summed E-state index contributed by atoms with van der Waals surface area (Å²) >= 11 is 1.37. The molecule has 0 aliphatic heterocycles. The smallest absolute Gasteiger partial charge is 0.243 e. The largest absolute Gasteiger partial charge is 0.313 e. The van der Waals surface area contributed by atoms with Crippen LogP contribution in [0.3, 0.4) is 0 Å². The van der Waals surface area contributed by atoms with Gasteiger partial charge in [0.1, 0.15) is 10.7 Å². The van der Waals surface area contributed by atoms with Gasteiger partial charge in [-0.25, -0.2) is 22.5 Å². The molecule has 0 amide bonds. The van der Waals surface area contributed by atoms with Crippen LogP contribution in [0.15, 0.2) is 34.0 Å². The summed E-state index contributed by atoms with van der Waals surface area (Å²) in [6.07, 6.45) is 0. The Morgan fingerprint density at radius 3 is 2.81 bits per heavy atom. The molecule has 0 spiro atoms. The number of nitrogens with one attached hydrogen (secondary N) is 2. The number of sulfonamides is 1. The topological polar surface area (TPSA) is 71.1 Å². The van der Waals surface area contributed by atoms with Crippen molar-refractivity contribution in [2.45, 2.75) is 24.9 Å². The van der Waals surface area contributed by atoms with Gasteiger partial charge in [-0.15, -0.1) is 11.3 Å². The molecule has 8 heteroatoms. The lowest BCUT2D eigenvalue weighted by atomic mass is 10.2. The lowest BCUT2D eigenvalue weighted by molar-refractivity contribution is 0.555. The van der Waals surface area contributed by atoms with E-state index in [-0.39, 0.29) is 11.4 Å². The molecule has 21 heavy (non-hydrogen) atoms. The summed E-state index contributed by atoms with van der Waals surface area (Å²) in [5.74, 6) is -0.763. The van der Waals surface area contributed by atoms with Crippen molar-refractivity contribution < 1.29 is 12.8 Å². The van der Waals surface area contributed by atoms with E-state index in [1.165, 1.54) is 23.5 Å². The van der Waals surface area contributed by atoms with Gasteiger partial charge in [0.25, 0.3) is 0 Å². The van der Waals surface area contributed by atoms with Gasteiger partial charge >= 0.3 is 0 Å². The molecule has 5 nitrogen and oxygen atoms in total. The Kier molecular flexibility index (Phi) is 5.40. The second-order valence-corrected chi connectivity index (χ2v) is 6.80. The summed E-state index contributed by atoms with van der Waals surface area (Å²) in [6.45, 7) is 3.23. The van der Waals surface area contributed by atoms with Crippen LogP contribution in [0, 0.1) is 5.82 Å². The molecule has 0 aliphatic rings. The first-order chi connectivity index (χ1) is 10.0. The van der Waals surface area contributed by atoms with Crippen LogP contribution >= 0.6 is 11.3 Å². The first-order valence-corrected chi connectivity index (χ1v) is 8.81. The lowest BCUT2D eigenvalue weighted by Gasteiger charge is -2.09. The molecule has 0 saturated heterocycles. The number of benzene rings is 1. The van der Waals surface area contributed by atoms with Gasteiger partial charge in [0, 0.05) is 11.9 Å². The van der Waals surface area contributed by atoms with E-state index < -0.39 is 15.8 Å². The van der Waals surface area contributed by atoms with E-state index in [4.69, 9.17) is 0 Å². The molecule has 0 radical (unpaired) electrons. The second kappa shape index (κ2) is 7.08. The summed E-state index contributed by atoms with van der Waals surface area (Å²) < 4.78 is 40.5. The summed E-state index contributed by atoms with van der Waals surface area (Å²) in [5, 5.41) is 4.81. The predicted molar refractivity (Wildman–Crippen MR) is 79.9 cm³/mol. The molecule has 1 heterocycles. The van der Waals surface area contributed by atoms with Crippen molar-refractivity contribution in [3.63, 3.8) is 0 Å². The lowest BCUT2D eigenvalue weighted by Crippen LogP contribution is -2.24. The monoisotopic (exact) mass is 329 g/mol. The van der Waals surface area contributed by atoms with Gasteiger partial charge in [-0.1, -0.05) is 13.0 Å². The van der Waals surface area contributed by atoms with E-state index in [1.54, 1.807) is 17.0 Å². The van der Waals surface area contributed by atoms with Crippen LogP contribution in [-0.2, 0) is 23.1 Å². The molecular formula is C13H16FN3O2S2. The van der Waals surface area contributed by atoms with E-state index in [9.17, 15) is 12.8 Å². The number of rotatable bonds is 7. The highest BCUT2D eigenvalue weighted by atomic mass is 32.2. The van der Waals surface area contributed by atoms with Gasteiger partial charge in [0.2, 0.25) is 10.0 Å². The number of nitrogens with zero attached hydrogens (tertiary/aromatic N) is 1. The summed E-state index contributed by atoms with van der Waals surface area (Å²) in [5.41, 5.74) is 2.93. The van der Waals surface area contributed by atoms with Crippen LogP contribution in [0.4, 0.5) is 4.39 Å². The van der Waals surface area contributed by atoms with Crippen molar-refractivity contribution >= 4 is 21.4 Å². The first-order valence-electron chi connectivity index (χ1n) is 6.39. The number of thiazole rings is 1. The van der Waals surface area contributed by atoms with Gasteiger partial charge in [0.05, 0.1) is 17.7 Å². The minimum atomic E-state index is -3.90. The van der Waals surface area contributed by atoms with Crippen LogP contribution in [0.1, 0.15) is 18.2 Å². The highest BCUT2D eigenvalue weighted by Gasteiger charge is 2.19. The van der Waals surface area contributed by atoms with Gasteiger partial charge in [0.15, 0.2) is 0 Å². The van der Waals surface area contributed by atoms with Crippen molar-refractivity contribution in [3.8, 4) is 0 Å². The Labute approximate surface area is 127 Å². The van der Waals surface area contributed by atoms with Gasteiger partial charge < -0.3 is 5.32 Å². The minimum absolute atomic E-state index is 0.0444. The zero-order valence-electron chi connectivity index (χ0n) is 11.5. The molecule has 0 saturated carbocycles. The summed E-state index contributed by atoms with van der Waals surface area (Å²) in [7, 11) is -3.90. The van der Waals surface area contributed by atoms with Crippen molar-refractivity contribution in [2.24, 2.45) is 0 Å². The summed E-state index contributed by atoms with van der Waals surface area (Å²) in [4.78, 5) is 3.64. The Balaban J connectivity index is 2.17. The third kappa shape index (κ3) is 4.31. The molecule has 2 aromatic rings. The van der Waals surface area contributed by atoms with E-state index in [1.807, 2.05) is 6.92 Å². The maximum absolute atomic E-state index is 13.8. The highest BCUT2D eigenvalue weighted by molar-refractivity contribution is 7.89. The summed E-state index contributed by atoms with van der Waals surface area (Å²) in [6, 6.07) is 4.09. The third-order valence-electron chi connectivity index (χ3n) is 2.79. The van der Waals surface area contributed by atoms with E-state index >= 15 is 0 Å². The minimum Gasteiger partial charge on any atom is -0.313 e. The van der Waals surface area contributed by atoms with E-state index in [2.05, 4.69) is 15.0 Å². The quantitative estimate of drug-likeness (QED) is 0.813. The molecule has 1 aromatic carbocycles. The molecule has 114 valence electrons. The highest BCUT2D eigenvalue weighted by Crippen LogP contribution is 2.17. The molecule has 1 aromatic heterocycles. The van der Waals surface area contributed by atoms with Crippen molar-refractivity contribution in [3.05, 3.63) is 46.2 Å². The molecule has 2 rings (SSSR count).